The molecule has 0 aliphatic carbocycles. The van der Waals surface area contributed by atoms with E-state index in [0.29, 0.717) is 30.8 Å². The maximum Gasteiger partial charge on any atom is 0.416 e. The van der Waals surface area contributed by atoms with E-state index in [0.717, 1.165) is 37.0 Å². The Morgan fingerprint density at radius 1 is 1.19 bits per heavy atom. The molecular weight excluding hydrogens is 419 g/mol. The Hall–Kier alpha value is -2.51. The molecule has 0 unspecified atom stereocenters. The first-order valence-electron chi connectivity index (χ1n) is 11.1. The van der Waals surface area contributed by atoms with Gasteiger partial charge in [-0.1, -0.05) is 32.1 Å². The van der Waals surface area contributed by atoms with E-state index in [1.165, 1.54) is 7.11 Å². The molecule has 1 saturated heterocycles. The normalized spacial score (nSPS) is 17.5. The van der Waals surface area contributed by atoms with Gasteiger partial charge in [0.15, 0.2) is 0 Å². The smallest absolute Gasteiger partial charge is 0.416 e. The minimum Gasteiger partial charge on any atom is -0.483 e. The molecule has 0 aromatic rings. The van der Waals surface area contributed by atoms with Gasteiger partial charge in [-0.15, -0.1) is 0 Å². The molecule has 0 bridgehead atoms. The number of methoxy groups -OCH3 is 1. The Labute approximate surface area is 189 Å². The van der Waals surface area contributed by atoms with E-state index >= 15 is 0 Å². The number of carbonyl (C=O) groups is 1. The maximum atomic E-state index is 13.5. The Morgan fingerprint density at radius 3 is 2.34 bits per heavy atom. The lowest BCUT2D eigenvalue weighted by Crippen LogP contribution is -2.44. The fraction of sp³-hybridized carbons (Fsp3) is 0.583. The molecule has 0 aromatic heterocycles. The molecule has 8 heteroatoms. The lowest BCUT2D eigenvalue weighted by molar-refractivity contribution is -0.0884. The first-order valence-corrected chi connectivity index (χ1v) is 11.1. The molecule has 180 valence electrons. The highest BCUT2D eigenvalue weighted by Crippen LogP contribution is 2.31. The Balaban J connectivity index is 3.27. The van der Waals surface area contributed by atoms with Crippen LogP contribution in [-0.2, 0) is 4.74 Å². The van der Waals surface area contributed by atoms with Crippen molar-refractivity contribution >= 4 is 11.9 Å². The summed E-state index contributed by atoms with van der Waals surface area (Å²) in [5, 5.41) is 2.80. The minimum absolute atomic E-state index is 0.0480. The summed E-state index contributed by atoms with van der Waals surface area (Å²) in [5.74, 6) is 0.224. The third-order valence-corrected chi connectivity index (χ3v) is 5.12. The van der Waals surface area contributed by atoms with Crippen molar-refractivity contribution in [3.8, 4) is 0 Å². The zero-order valence-electron chi connectivity index (χ0n) is 19.8. The van der Waals surface area contributed by atoms with Crippen LogP contribution in [-0.4, -0.2) is 49.7 Å². The van der Waals surface area contributed by atoms with E-state index in [1.807, 2.05) is 13.8 Å². The number of aliphatic imine (C=N–C) groups is 1. The largest absolute Gasteiger partial charge is 0.483 e. The predicted octanol–water partition coefficient (Wildman–Crippen LogP) is 6.31. The van der Waals surface area contributed by atoms with E-state index in [4.69, 9.17) is 4.74 Å². The van der Waals surface area contributed by atoms with E-state index in [2.05, 4.69) is 10.3 Å². The summed E-state index contributed by atoms with van der Waals surface area (Å²) in [4.78, 5) is 18.7. The number of amides is 2. The number of hydrogen-bond acceptors (Lipinski definition) is 3. The zero-order chi connectivity index (χ0) is 24.1. The molecule has 1 rings (SSSR count). The second-order valence-electron chi connectivity index (χ2n) is 7.56. The van der Waals surface area contributed by atoms with Gasteiger partial charge >= 0.3 is 12.2 Å². The van der Waals surface area contributed by atoms with Crippen LogP contribution in [0, 0.1) is 0 Å². The summed E-state index contributed by atoms with van der Waals surface area (Å²) < 4.78 is 45.9. The summed E-state index contributed by atoms with van der Waals surface area (Å²) in [5.41, 5.74) is 0.827. The standard InChI is InChI=1S/C24H36F3N3O2/c1-6-12-19(16-20(13-7-2)24(25,26)27)22(18(4)8-3)29-21(32-5)17-28-23(31)30-14-10-9-11-15-30/h6,12-13,16H,7-11,14-15,17H2,1-5H3,(H,28,31)/b12-6-,19-16+,20-13-,22-18?,29-21?. The van der Waals surface area contributed by atoms with Crippen LogP contribution in [0.15, 0.2) is 51.7 Å². The Morgan fingerprint density at radius 2 is 1.84 bits per heavy atom. The number of rotatable bonds is 8. The molecule has 0 saturated carbocycles. The summed E-state index contributed by atoms with van der Waals surface area (Å²) >= 11 is 0. The molecule has 32 heavy (non-hydrogen) atoms. The molecule has 1 fully saturated rings. The van der Waals surface area contributed by atoms with E-state index in [1.54, 1.807) is 30.9 Å². The van der Waals surface area contributed by atoms with Crippen molar-refractivity contribution in [2.75, 3.05) is 26.7 Å². The number of urea groups is 1. The zero-order valence-corrected chi connectivity index (χ0v) is 19.8. The Bertz CT molecular complexity index is 772. The van der Waals surface area contributed by atoms with Crippen molar-refractivity contribution in [1.82, 2.24) is 10.2 Å². The van der Waals surface area contributed by atoms with Crippen molar-refractivity contribution in [1.29, 1.82) is 0 Å². The number of carbonyl (C=O) groups excluding carboxylic acids is 1. The lowest BCUT2D eigenvalue weighted by atomic mass is 10.0. The highest BCUT2D eigenvalue weighted by atomic mass is 19.4. The highest BCUT2D eigenvalue weighted by Gasteiger charge is 2.32. The van der Waals surface area contributed by atoms with Gasteiger partial charge in [-0.25, -0.2) is 9.79 Å². The number of nitrogens with one attached hydrogen (secondary N) is 1. The van der Waals surface area contributed by atoms with Crippen LogP contribution < -0.4 is 5.32 Å². The Kier molecular flexibility index (Phi) is 11.9. The van der Waals surface area contributed by atoms with Crippen molar-refractivity contribution < 1.29 is 22.7 Å². The molecular formula is C24H36F3N3O2. The van der Waals surface area contributed by atoms with Crippen molar-refractivity contribution in [2.24, 2.45) is 4.99 Å². The number of piperidine rings is 1. The van der Waals surface area contributed by atoms with Crippen molar-refractivity contribution in [2.45, 2.75) is 66.0 Å². The van der Waals surface area contributed by atoms with Gasteiger partial charge in [0, 0.05) is 18.7 Å². The number of nitrogens with zero attached hydrogens (tertiary/aromatic N) is 2. The summed E-state index contributed by atoms with van der Waals surface area (Å²) in [6, 6.07) is -0.193. The summed E-state index contributed by atoms with van der Waals surface area (Å²) in [7, 11) is 1.43. The SMILES string of the molecule is C\C=C/C(=C\C(=C\CC)C(F)(F)F)C(N=C(CNC(=O)N1CCCCC1)OC)=C(C)CC. The second-order valence-corrected chi connectivity index (χ2v) is 7.56. The minimum atomic E-state index is -4.47. The second kappa shape index (κ2) is 13.8. The molecule has 0 aromatic carbocycles. The summed E-state index contributed by atoms with van der Waals surface area (Å²) in [6.45, 7) is 8.61. The van der Waals surface area contributed by atoms with Crippen LogP contribution >= 0.6 is 0 Å². The molecule has 0 radical (unpaired) electrons. The van der Waals surface area contributed by atoms with Crippen molar-refractivity contribution in [3.63, 3.8) is 0 Å². The molecule has 0 spiro atoms. The molecule has 1 aliphatic rings. The molecule has 0 atom stereocenters. The monoisotopic (exact) mass is 455 g/mol. The number of halogens is 3. The van der Waals surface area contributed by atoms with Crippen LogP contribution in [0.4, 0.5) is 18.0 Å². The van der Waals surface area contributed by atoms with E-state index < -0.39 is 11.7 Å². The van der Waals surface area contributed by atoms with E-state index in [9.17, 15) is 18.0 Å². The fourth-order valence-corrected chi connectivity index (χ4v) is 3.23. The first-order chi connectivity index (χ1) is 15.2. The topological polar surface area (TPSA) is 53.9 Å². The number of likely N-dealkylation sites (tertiary alicyclic amines) is 1. The van der Waals surface area contributed by atoms with Gasteiger partial charge in [0.25, 0.3) is 0 Å². The van der Waals surface area contributed by atoms with Crippen molar-refractivity contribution in [3.05, 3.63) is 46.7 Å². The third-order valence-electron chi connectivity index (χ3n) is 5.12. The molecule has 5 nitrogen and oxygen atoms in total. The van der Waals surface area contributed by atoms with Gasteiger partial charge < -0.3 is 15.0 Å². The number of ether oxygens (including phenoxy) is 1. The van der Waals surface area contributed by atoms with Gasteiger partial charge in [-0.2, -0.15) is 13.2 Å². The van der Waals surface area contributed by atoms with Gasteiger partial charge in [-0.05, 0) is 57.6 Å². The third kappa shape index (κ3) is 8.93. The molecule has 2 amide bonds. The first kappa shape index (κ1) is 27.5. The van der Waals surface area contributed by atoms with Gasteiger partial charge in [0.1, 0.15) is 0 Å². The fourth-order valence-electron chi connectivity index (χ4n) is 3.23. The summed E-state index contributed by atoms with van der Waals surface area (Å²) in [6.07, 6.45) is 5.01. The number of alkyl halides is 3. The van der Waals surface area contributed by atoms with Gasteiger partial charge in [0.2, 0.25) is 5.90 Å². The van der Waals surface area contributed by atoms with Crippen LogP contribution in [0.1, 0.15) is 59.8 Å². The molecule has 1 heterocycles. The van der Waals surface area contributed by atoms with Gasteiger partial charge in [0.05, 0.1) is 24.9 Å². The average Bonchev–Trinajstić information content (AvgIpc) is 2.77. The van der Waals surface area contributed by atoms with Gasteiger partial charge in [-0.3, -0.25) is 0 Å². The molecule has 1 N–H and O–H groups in total. The van der Waals surface area contributed by atoms with Crippen LogP contribution in [0.5, 0.6) is 0 Å². The van der Waals surface area contributed by atoms with Crippen LogP contribution in [0.25, 0.3) is 0 Å². The predicted molar refractivity (Wildman–Crippen MR) is 124 cm³/mol. The van der Waals surface area contributed by atoms with Crippen LogP contribution in [0.2, 0.25) is 0 Å². The lowest BCUT2D eigenvalue weighted by Gasteiger charge is -2.26. The maximum absolute atomic E-state index is 13.5. The van der Waals surface area contributed by atoms with E-state index in [-0.39, 0.29) is 24.9 Å². The quantitative estimate of drug-likeness (QED) is 0.265. The number of allylic oxidation sites excluding steroid dienone is 6. The number of hydrogen-bond donors (Lipinski definition) is 1. The molecule has 1 aliphatic heterocycles. The van der Waals surface area contributed by atoms with Crippen LogP contribution in [0.3, 0.4) is 0 Å². The average molecular weight is 456 g/mol. The highest BCUT2D eigenvalue weighted by molar-refractivity contribution is 5.85.